The van der Waals surface area contributed by atoms with Gasteiger partial charge >= 0.3 is 0 Å². The Hall–Kier alpha value is -1.84. The zero-order chi connectivity index (χ0) is 15.3. The van der Waals surface area contributed by atoms with Gasteiger partial charge in [0.05, 0.1) is 0 Å². The van der Waals surface area contributed by atoms with Crippen molar-refractivity contribution < 1.29 is 17.6 Å². The van der Waals surface area contributed by atoms with Gasteiger partial charge in [0.25, 0.3) is 0 Å². The molecule has 4 heteroatoms. The maximum absolute atomic E-state index is 14.4. The van der Waals surface area contributed by atoms with E-state index < -0.39 is 35.1 Å². The van der Waals surface area contributed by atoms with Gasteiger partial charge in [0, 0.05) is 33.8 Å². The summed E-state index contributed by atoms with van der Waals surface area (Å²) in [6.07, 6.45) is 13.3. The largest absolute Gasteiger partial charge is 0.203 e. The molecular weight excluding hydrogens is 292 g/mol. The molecule has 0 fully saturated rings. The fourth-order valence-corrected chi connectivity index (χ4v) is 5.17. The molecule has 0 heterocycles. The van der Waals surface area contributed by atoms with E-state index >= 15 is 0 Å². The number of benzene rings is 1. The second kappa shape index (κ2) is 3.55. The molecule has 0 amide bonds. The summed E-state index contributed by atoms with van der Waals surface area (Å²) in [6, 6.07) is 0. The number of allylic oxidation sites excluding steroid dienone is 6. The van der Waals surface area contributed by atoms with Crippen molar-refractivity contribution in [3.63, 3.8) is 0 Å². The minimum Gasteiger partial charge on any atom is -0.203 e. The molecule has 0 saturated heterocycles. The quantitative estimate of drug-likeness (QED) is 0.277. The summed E-state index contributed by atoms with van der Waals surface area (Å²) in [4.78, 5) is 0. The van der Waals surface area contributed by atoms with Crippen LogP contribution in [0.1, 0.15) is 35.8 Å². The lowest BCUT2D eigenvalue weighted by molar-refractivity contribution is 0.0319. The van der Waals surface area contributed by atoms with Crippen LogP contribution >= 0.6 is 0 Å². The van der Waals surface area contributed by atoms with E-state index in [-0.39, 0.29) is 22.0 Å². The van der Waals surface area contributed by atoms with Gasteiger partial charge in [0.2, 0.25) is 0 Å². The Balaban J connectivity index is 1.89. The second-order valence-corrected chi connectivity index (χ2v) is 6.72. The smallest absolute Gasteiger partial charge is 0.197 e. The monoisotopic (exact) mass is 304 g/mol. The van der Waals surface area contributed by atoms with Crippen molar-refractivity contribution in [3.05, 3.63) is 70.9 Å². The van der Waals surface area contributed by atoms with Gasteiger partial charge in [-0.25, -0.2) is 17.6 Å². The van der Waals surface area contributed by atoms with Gasteiger partial charge in [-0.15, -0.1) is 0 Å². The first kappa shape index (κ1) is 12.7. The third kappa shape index (κ3) is 1.03. The highest BCUT2D eigenvalue weighted by molar-refractivity contribution is 5.58. The molecule has 0 nitrogen and oxygen atoms in total. The van der Waals surface area contributed by atoms with E-state index in [0.29, 0.717) is 12.8 Å². The van der Waals surface area contributed by atoms with Gasteiger partial charge in [-0.3, -0.25) is 0 Å². The number of hydrogen-bond donors (Lipinski definition) is 0. The van der Waals surface area contributed by atoms with E-state index in [9.17, 15) is 17.6 Å². The highest BCUT2D eigenvalue weighted by atomic mass is 19.2. The van der Waals surface area contributed by atoms with E-state index in [0.717, 1.165) is 0 Å². The molecule has 0 N–H and O–H groups in total. The highest BCUT2D eigenvalue weighted by Gasteiger charge is 2.67. The Morgan fingerprint density at radius 3 is 1.45 bits per heavy atom. The summed E-state index contributed by atoms with van der Waals surface area (Å²) in [5, 5.41) is 0. The fraction of sp³-hybridized carbons (Fsp3) is 0.333. The molecule has 6 rings (SSSR count). The molecule has 0 radical (unpaired) electrons. The number of rotatable bonds is 0. The molecule has 0 saturated carbocycles. The van der Waals surface area contributed by atoms with Gasteiger partial charge < -0.3 is 0 Å². The van der Waals surface area contributed by atoms with Crippen molar-refractivity contribution in [1.29, 1.82) is 0 Å². The fourth-order valence-electron chi connectivity index (χ4n) is 5.17. The Morgan fingerprint density at radius 1 is 0.682 bits per heavy atom. The van der Waals surface area contributed by atoms with Crippen LogP contribution < -0.4 is 0 Å². The lowest BCUT2D eigenvalue weighted by Gasteiger charge is -2.66. The third-order valence-corrected chi connectivity index (χ3v) is 6.19. The molecule has 4 atom stereocenters. The zero-order valence-corrected chi connectivity index (χ0v) is 11.5. The van der Waals surface area contributed by atoms with Gasteiger partial charge in [-0.1, -0.05) is 36.5 Å². The van der Waals surface area contributed by atoms with Gasteiger partial charge in [0.1, 0.15) is 0 Å². The molecular formula is C18H12F4. The zero-order valence-electron chi connectivity index (χ0n) is 11.5. The highest BCUT2D eigenvalue weighted by Crippen LogP contribution is 2.75. The van der Waals surface area contributed by atoms with Crippen LogP contribution in [0, 0.1) is 34.1 Å². The third-order valence-electron chi connectivity index (χ3n) is 6.19. The summed E-state index contributed by atoms with van der Waals surface area (Å²) in [6.45, 7) is 0. The van der Waals surface area contributed by atoms with Crippen molar-refractivity contribution in [2.45, 2.75) is 24.7 Å². The van der Waals surface area contributed by atoms with Crippen molar-refractivity contribution >= 4 is 0 Å². The topological polar surface area (TPSA) is 0 Å². The lowest BCUT2D eigenvalue weighted by atomic mass is 9.36. The van der Waals surface area contributed by atoms with Crippen molar-refractivity contribution in [3.8, 4) is 0 Å². The normalized spacial score (nSPS) is 39.3. The summed E-state index contributed by atoms with van der Waals surface area (Å²) >= 11 is 0. The van der Waals surface area contributed by atoms with E-state index in [2.05, 4.69) is 0 Å². The van der Waals surface area contributed by atoms with Crippen LogP contribution in [0.5, 0.6) is 0 Å². The van der Waals surface area contributed by atoms with Crippen LogP contribution in [0.4, 0.5) is 17.6 Å². The Labute approximate surface area is 124 Å². The molecule has 1 aromatic carbocycles. The Kier molecular flexibility index (Phi) is 2.05. The number of halogens is 4. The molecule has 0 aromatic heterocycles. The molecule has 5 aliphatic carbocycles. The summed E-state index contributed by atoms with van der Waals surface area (Å²) in [5.74, 6) is -6.74. The molecule has 112 valence electrons. The van der Waals surface area contributed by atoms with Crippen molar-refractivity contribution in [2.75, 3.05) is 0 Å². The van der Waals surface area contributed by atoms with E-state index in [1.807, 2.05) is 36.5 Å². The standard InChI is InChI=1S/C18H12F4/c19-13-11-9-3-4-10(12(11)14(20)16(22)15(13)21)18-6-2-1-5-17(9,18)7-8-18/h1-4,7-10H,5-6H2. The average molecular weight is 304 g/mol. The molecule has 2 bridgehead atoms. The van der Waals surface area contributed by atoms with Crippen LogP contribution in [-0.2, 0) is 0 Å². The average Bonchev–Trinajstić information content (AvgIpc) is 2.52. The van der Waals surface area contributed by atoms with E-state index in [1.54, 1.807) is 0 Å². The van der Waals surface area contributed by atoms with Gasteiger partial charge in [-0.05, 0) is 12.8 Å². The van der Waals surface area contributed by atoms with Crippen molar-refractivity contribution in [2.24, 2.45) is 10.8 Å². The molecule has 1 aromatic rings. The van der Waals surface area contributed by atoms with Crippen LogP contribution in [0.2, 0.25) is 0 Å². The van der Waals surface area contributed by atoms with Crippen LogP contribution in [0.3, 0.4) is 0 Å². The predicted molar refractivity (Wildman–Crippen MR) is 73.3 cm³/mol. The molecule has 22 heavy (non-hydrogen) atoms. The van der Waals surface area contributed by atoms with E-state index in [4.69, 9.17) is 0 Å². The molecule has 0 spiro atoms. The summed E-state index contributed by atoms with van der Waals surface area (Å²) in [7, 11) is 0. The maximum Gasteiger partial charge on any atom is 0.197 e. The molecule has 0 aliphatic heterocycles. The van der Waals surface area contributed by atoms with Crippen molar-refractivity contribution in [1.82, 2.24) is 0 Å². The number of hydrogen-bond acceptors (Lipinski definition) is 0. The summed E-state index contributed by atoms with van der Waals surface area (Å²) in [5.41, 5.74) is -0.629. The molecule has 5 aliphatic rings. The second-order valence-electron chi connectivity index (χ2n) is 6.72. The SMILES string of the molecule is Fc1c(F)c(F)c2c(c1F)C1C=CC2C23C=CC12CC=CC3. The maximum atomic E-state index is 14.4. The first-order chi connectivity index (χ1) is 10.5. The minimum absolute atomic E-state index is 0.0131. The Bertz CT molecular complexity index is 754. The predicted octanol–water partition coefficient (Wildman–Crippen LogP) is 4.89. The van der Waals surface area contributed by atoms with Crippen LogP contribution in [-0.4, -0.2) is 0 Å². The first-order valence-corrected chi connectivity index (χ1v) is 7.43. The van der Waals surface area contributed by atoms with Crippen LogP contribution in [0.15, 0.2) is 36.5 Å². The molecule has 4 unspecified atom stereocenters. The van der Waals surface area contributed by atoms with Gasteiger partial charge in [-0.2, -0.15) is 0 Å². The summed E-state index contributed by atoms with van der Waals surface area (Å²) < 4.78 is 56.2. The van der Waals surface area contributed by atoms with Crippen LogP contribution in [0.25, 0.3) is 0 Å². The van der Waals surface area contributed by atoms with Gasteiger partial charge in [0.15, 0.2) is 23.3 Å². The van der Waals surface area contributed by atoms with E-state index in [1.165, 1.54) is 0 Å². The lowest BCUT2D eigenvalue weighted by Crippen LogP contribution is -2.58. The first-order valence-electron chi connectivity index (χ1n) is 7.43. The minimum atomic E-state index is -1.70. The Morgan fingerprint density at radius 2 is 1.09 bits per heavy atom.